The Morgan fingerprint density at radius 2 is 2.00 bits per heavy atom. The van der Waals surface area contributed by atoms with Gasteiger partial charge in [-0.3, -0.25) is 4.79 Å². The third-order valence-electron chi connectivity index (χ3n) is 3.86. The minimum atomic E-state index is -0.270. The van der Waals surface area contributed by atoms with Crippen LogP contribution in [0.3, 0.4) is 0 Å². The summed E-state index contributed by atoms with van der Waals surface area (Å²) in [6, 6.07) is 14.0. The molecule has 2 aromatic carbocycles. The number of halogens is 1. The molecular formula is C20H19FN2O2S2. The lowest BCUT2D eigenvalue weighted by atomic mass is 10.1. The van der Waals surface area contributed by atoms with Crippen LogP contribution in [0.15, 0.2) is 58.3 Å². The lowest BCUT2D eigenvalue weighted by molar-refractivity contribution is -0.118. The third kappa shape index (κ3) is 5.55. The Bertz CT molecular complexity index is 897. The molecule has 0 radical (unpaired) electrons. The van der Waals surface area contributed by atoms with E-state index in [-0.39, 0.29) is 11.7 Å². The lowest BCUT2D eigenvalue weighted by Gasteiger charge is -2.08. The number of aromatic nitrogens is 1. The van der Waals surface area contributed by atoms with Gasteiger partial charge in [-0.25, -0.2) is 9.37 Å². The number of amides is 1. The van der Waals surface area contributed by atoms with Crippen LogP contribution in [0.1, 0.15) is 5.56 Å². The summed E-state index contributed by atoms with van der Waals surface area (Å²) in [5.74, 6) is 0.835. The number of para-hydroxylation sites is 1. The Morgan fingerprint density at radius 1 is 1.22 bits per heavy atom. The molecule has 0 saturated carbocycles. The molecule has 0 bridgehead atoms. The number of thiazole rings is 1. The molecule has 0 unspecified atom stereocenters. The van der Waals surface area contributed by atoms with Gasteiger partial charge in [-0.05, 0) is 42.3 Å². The summed E-state index contributed by atoms with van der Waals surface area (Å²) in [5.41, 5.74) is 2.72. The molecule has 0 spiro atoms. The minimum Gasteiger partial charge on any atom is -0.496 e. The second-order valence-electron chi connectivity index (χ2n) is 5.71. The zero-order valence-electron chi connectivity index (χ0n) is 14.8. The summed E-state index contributed by atoms with van der Waals surface area (Å²) in [5, 5.41) is 4.83. The van der Waals surface area contributed by atoms with Gasteiger partial charge in [-0.1, -0.05) is 30.0 Å². The molecule has 3 rings (SSSR count). The molecule has 0 aliphatic heterocycles. The van der Waals surface area contributed by atoms with Gasteiger partial charge >= 0.3 is 0 Å². The van der Waals surface area contributed by atoms with E-state index in [1.54, 1.807) is 19.2 Å². The van der Waals surface area contributed by atoms with E-state index in [4.69, 9.17) is 4.74 Å². The van der Waals surface area contributed by atoms with E-state index in [1.807, 2.05) is 29.6 Å². The number of methoxy groups -OCH3 is 1. The van der Waals surface area contributed by atoms with Gasteiger partial charge in [-0.15, -0.1) is 11.3 Å². The molecule has 1 N–H and O–H groups in total. The molecule has 0 atom stereocenters. The number of thioether (sulfide) groups is 1. The molecule has 3 aromatic rings. The lowest BCUT2D eigenvalue weighted by Crippen LogP contribution is -2.27. The number of rotatable bonds is 8. The first kappa shape index (κ1) is 19.4. The number of nitrogens with one attached hydrogen (secondary N) is 1. The maximum Gasteiger partial charge on any atom is 0.230 e. The highest BCUT2D eigenvalue weighted by atomic mass is 32.2. The van der Waals surface area contributed by atoms with Crippen LogP contribution in [0, 0.1) is 5.82 Å². The van der Waals surface area contributed by atoms with Crippen molar-refractivity contribution in [3.8, 4) is 17.0 Å². The third-order valence-corrected chi connectivity index (χ3v) is 5.88. The first-order valence-corrected chi connectivity index (χ1v) is 10.2. The number of carbonyl (C=O) groups is 1. The summed E-state index contributed by atoms with van der Waals surface area (Å²) in [7, 11) is 1.64. The van der Waals surface area contributed by atoms with Crippen molar-refractivity contribution in [1.29, 1.82) is 0 Å². The zero-order chi connectivity index (χ0) is 19.1. The van der Waals surface area contributed by atoms with Crippen LogP contribution in [0.4, 0.5) is 4.39 Å². The largest absolute Gasteiger partial charge is 0.496 e. The van der Waals surface area contributed by atoms with Gasteiger partial charge in [-0.2, -0.15) is 0 Å². The van der Waals surface area contributed by atoms with Crippen LogP contribution in [-0.2, 0) is 11.2 Å². The fourth-order valence-corrected chi connectivity index (χ4v) is 4.17. The number of carbonyl (C=O) groups excluding carboxylic acids is 1. The van der Waals surface area contributed by atoms with Gasteiger partial charge in [0, 0.05) is 17.5 Å². The normalized spacial score (nSPS) is 10.6. The van der Waals surface area contributed by atoms with E-state index in [1.165, 1.54) is 35.2 Å². The Balaban J connectivity index is 1.45. The molecule has 0 aliphatic carbocycles. The second kappa shape index (κ2) is 9.53. The predicted octanol–water partition coefficient (Wildman–Crippen LogP) is 4.41. The molecule has 140 valence electrons. The SMILES string of the molecule is COc1ccccc1CCNC(=O)CSc1nc(-c2ccc(F)cc2)cs1. The summed E-state index contributed by atoms with van der Waals surface area (Å²) in [6.45, 7) is 0.554. The maximum absolute atomic E-state index is 13.0. The van der Waals surface area contributed by atoms with Crippen molar-refractivity contribution >= 4 is 29.0 Å². The Morgan fingerprint density at radius 3 is 2.78 bits per heavy atom. The predicted molar refractivity (Wildman–Crippen MR) is 108 cm³/mol. The topological polar surface area (TPSA) is 51.2 Å². The molecule has 27 heavy (non-hydrogen) atoms. The van der Waals surface area contributed by atoms with E-state index in [0.29, 0.717) is 18.7 Å². The Kier molecular flexibility index (Phi) is 6.84. The fraction of sp³-hybridized carbons (Fsp3) is 0.200. The summed E-state index contributed by atoms with van der Waals surface area (Å²) < 4.78 is 19.1. The van der Waals surface area contributed by atoms with E-state index in [9.17, 15) is 9.18 Å². The maximum atomic E-state index is 13.0. The van der Waals surface area contributed by atoms with Crippen LogP contribution in [0.2, 0.25) is 0 Å². The monoisotopic (exact) mass is 402 g/mol. The quantitative estimate of drug-likeness (QED) is 0.567. The number of nitrogens with zero attached hydrogens (tertiary/aromatic N) is 1. The molecule has 0 saturated heterocycles. The van der Waals surface area contributed by atoms with Crippen molar-refractivity contribution in [3.63, 3.8) is 0 Å². The first-order valence-electron chi connectivity index (χ1n) is 8.38. The van der Waals surface area contributed by atoms with Crippen LogP contribution in [0.5, 0.6) is 5.75 Å². The van der Waals surface area contributed by atoms with Crippen LogP contribution < -0.4 is 10.1 Å². The first-order chi connectivity index (χ1) is 13.2. The average Bonchev–Trinajstić information content (AvgIpc) is 3.16. The van der Waals surface area contributed by atoms with Crippen LogP contribution >= 0.6 is 23.1 Å². The Labute approximate surface area is 165 Å². The van der Waals surface area contributed by atoms with Gasteiger partial charge in [0.15, 0.2) is 4.34 Å². The van der Waals surface area contributed by atoms with Crippen molar-refractivity contribution in [3.05, 3.63) is 65.3 Å². The Hall–Kier alpha value is -2.38. The van der Waals surface area contributed by atoms with Crippen molar-refractivity contribution in [1.82, 2.24) is 10.3 Å². The van der Waals surface area contributed by atoms with Gasteiger partial charge in [0.05, 0.1) is 18.6 Å². The molecule has 4 nitrogen and oxygen atoms in total. The van der Waals surface area contributed by atoms with Gasteiger partial charge in [0.25, 0.3) is 0 Å². The summed E-state index contributed by atoms with van der Waals surface area (Å²) in [6.07, 6.45) is 0.715. The smallest absolute Gasteiger partial charge is 0.230 e. The van der Waals surface area contributed by atoms with Crippen molar-refractivity contribution in [2.24, 2.45) is 0 Å². The van der Waals surface area contributed by atoms with Crippen molar-refractivity contribution in [2.75, 3.05) is 19.4 Å². The summed E-state index contributed by atoms with van der Waals surface area (Å²) >= 11 is 2.88. The highest BCUT2D eigenvalue weighted by molar-refractivity contribution is 8.01. The number of ether oxygens (including phenoxy) is 1. The van der Waals surface area contributed by atoms with Crippen molar-refractivity contribution in [2.45, 2.75) is 10.8 Å². The van der Waals surface area contributed by atoms with E-state index in [0.717, 1.165) is 26.9 Å². The average molecular weight is 403 g/mol. The van der Waals surface area contributed by atoms with Gasteiger partial charge in [0.1, 0.15) is 11.6 Å². The van der Waals surface area contributed by atoms with E-state index >= 15 is 0 Å². The van der Waals surface area contributed by atoms with E-state index < -0.39 is 0 Å². The summed E-state index contributed by atoms with van der Waals surface area (Å²) in [4.78, 5) is 16.5. The zero-order valence-corrected chi connectivity index (χ0v) is 16.4. The second-order valence-corrected chi connectivity index (χ2v) is 7.79. The molecule has 1 amide bonds. The van der Waals surface area contributed by atoms with E-state index in [2.05, 4.69) is 10.3 Å². The molecule has 1 heterocycles. The molecular weight excluding hydrogens is 383 g/mol. The molecule has 0 aliphatic rings. The minimum absolute atomic E-state index is 0.0339. The molecule has 0 fully saturated rings. The number of hydrogen-bond acceptors (Lipinski definition) is 5. The van der Waals surface area contributed by atoms with Gasteiger partial charge < -0.3 is 10.1 Å². The number of hydrogen-bond donors (Lipinski definition) is 1. The highest BCUT2D eigenvalue weighted by Gasteiger charge is 2.09. The highest BCUT2D eigenvalue weighted by Crippen LogP contribution is 2.28. The molecule has 7 heteroatoms. The standard InChI is InChI=1S/C20H19FN2O2S2/c1-25-18-5-3-2-4-15(18)10-11-22-19(24)13-27-20-23-17(12-26-20)14-6-8-16(21)9-7-14/h2-9,12H,10-11,13H2,1H3,(H,22,24). The van der Waals surface area contributed by atoms with Gasteiger partial charge in [0.2, 0.25) is 5.91 Å². The molecule has 1 aromatic heterocycles. The fourth-order valence-electron chi connectivity index (χ4n) is 2.50. The van der Waals surface area contributed by atoms with Crippen LogP contribution in [-0.4, -0.2) is 30.3 Å². The number of benzene rings is 2. The van der Waals surface area contributed by atoms with Crippen LogP contribution in [0.25, 0.3) is 11.3 Å². The van der Waals surface area contributed by atoms with Crippen molar-refractivity contribution < 1.29 is 13.9 Å².